The summed E-state index contributed by atoms with van der Waals surface area (Å²) >= 11 is 0. The maximum atomic E-state index is 11.8. The molecule has 0 fully saturated rings. The topological polar surface area (TPSA) is 76.1 Å². The van der Waals surface area contributed by atoms with Crippen LogP contribution in [0.4, 0.5) is 11.6 Å². The highest BCUT2D eigenvalue weighted by atomic mass is 16.5. The van der Waals surface area contributed by atoms with Crippen LogP contribution in [0.2, 0.25) is 0 Å². The van der Waals surface area contributed by atoms with Gasteiger partial charge in [0.1, 0.15) is 11.5 Å². The first kappa shape index (κ1) is 17.4. The highest BCUT2D eigenvalue weighted by Crippen LogP contribution is 2.23. The van der Waals surface area contributed by atoms with Gasteiger partial charge in [-0.3, -0.25) is 4.79 Å². The normalized spacial score (nSPS) is 10.2. The van der Waals surface area contributed by atoms with Crippen molar-refractivity contribution in [2.24, 2.45) is 0 Å². The molecular weight excluding hydrogens is 328 g/mol. The summed E-state index contributed by atoms with van der Waals surface area (Å²) in [5.74, 6) is 1.79. The van der Waals surface area contributed by atoms with Crippen molar-refractivity contribution >= 4 is 17.5 Å². The van der Waals surface area contributed by atoms with Crippen molar-refractivity contribution in [2.45, 2.75) is 13.3 Å². The molecule has 26 heavy (non-hydrogen) atoms. The molecule has 1 amide bonds. The Morgan fingerprint density at radius 1 is 0.962 bits per heavy atom. The number of hydrogen-bond acceptors (Lipinski definition) is 5. The summed E-state index contributed by atoms with van der Waals surface area (Å²) in [7, 11) is 0. The fourth-order valence-corrected chi connectivity index (χ4v) is 2.21. The highest BCUT2D eigenvalue weighted by molar-refractivity contribution is 5.93. The minimum atomic E-state index is -0.166. The maximum Gasteiger partial charge on any atom is 0.254 e. The molecule has 0 aliphatic carbocycles. The Balaban J connectivity index is 1.59. The summed E-state index contributed by atoms with van der Waals surface area (Å²) in [5.41, 5.74) is 1.27. The van der Waals surface area contributed by atoms with E-state index in [0.29, 0.717) is 18.1 Å². The summed E-state index contributed by atoms with van der Waals surface area (Å²) in [5, 5.41) is 5.89. The van der Waals surface area contributed by atoms with Gasteiger partial charge in [0.2, 0.25) is 5.95 Å². The number of aromatic nitrogens is 2. The van der Waals surface area contributed by atoms with Crippen LogP contribution >= 0.6 is 0 Å². The summed E-state index contributed by atoms with van der Waals surface area (Å²) in [4.78, 5) is 20.2. The van der Waals surface area contributed by atoms with E-state index in [-0.39, 0.29) is 5.91 Å². The number of rotatable bonds is 7. The zero-order valence-corrected chi connectivity index (χ0v) is 14.5. The third kappa shape index (κ3) is 4.80. The van der Waals surface area contributed by atoms with E-state index in [1.807, 2.05) is 61.5 Å². The number of amides is 1. The Morgan fingerprint density at radius 3 is 2.27 bits per heavy atom. The van der Waals surface area contributed by atoms with Crippen LogP contribution in [-0.4, -0.2) is 22.4 Å². The zero-order valence-electron chi connectivity index (χ0n) is 14.5. The minimum absolute atomic E-state index is 0.166. The van der Waals surface area contributed by atoms with E-state index in [1.165, 1.54) is 12.4 Å². The third-order valence-corrected chi connectivity index (χ3v) is 3.54. The fraction of sp³-hybridized carbons (Fsp3) is 0.150. The van der Waals surface area contributed by atoms with E-state index >= 15 is 0 Å². The van der Waals surface area contributed by atoms with Crippen molar-refractivity contribution in [1.82, 2.24) is 15.3 Å². The molecule has 0 saturated carbocycles. The SMILES string of the molecule is CCCNC(=O)c1cnc(Nc2ccc(Oc3ccccc3)cc2)nc1. The predicted octanol–water partition coefficient (Wildman–Crippen LogP) is 4.15. The second kappa shape index (κ2) is 8.62. The van der Waals surface area contributed by atoms with E-state index in [9.17, 15) is 4.79 Å². The van der Waals surface area contributed by atoms with E-state index < -0.39 is 0 Å². The average Bonchev–Trinajstić information content (AvgIpc) is 2.69. The molecule has 0 radical (unpaired) electrons. The average molecular weight is 348 g/mol. The smallest absolute Gasteiger partial charge is 0.254 e. The molecule has 2 aromatic carbocycles. The zero-order chi connectivity index (χ0) is 18.2. The number of para-hydroxylation sites is 1. The van der Waals surface area contributed by atoms with E-state index in [4.69, 9.17) is 4.74 Å². The maximum absolute atomic E-state index is 11.8. The first-order chi connectivity index (χ1) is 12.7. The molecule has 2 N–H and O–H groups in total. The molecule has 0 atom stereocenters. The lowest BCUT2D eigenvalue weighted by molar-refractivity contribution is 0.0953. The van der Waals surface area contributed by atoms with Gasteiger partial charge in [0.15, 0.2) is 0 Å². The molecule has 0 saturated heterocycles. The molecule has 3 aromatic rings. The number of nitrogens with zero attached hydrogens (tertiary/aromatic N) is 2. The molecule has 0 aliphatic heterocycles. The fourth-order valence-electron chi connectivity index (χ4n) is 2.21. The molecule has 132 valence electrons. The van der Waals surface area contributed by atoms with Crippen molar-refractivity contribution in [3.63, 3.8) is 0 Å². The van der Waals surface area contributed by atoms with Gasteiger partial charge in [-0.2, -0.15) is 0 Å². The van der Waals surface area contributed by atoms with Crippen LogP contribution in [0.15, 0.2) is 67.0 Å². The number of anilines is 2. The van der Waals surface area contributed by atoms with Crippen LogP contribution in [0.1, 0.15) is 23.7 Å². The van der Waals surface area contributed by atoms with E-state index in [1.54, 1.807) is 0 Å². The van der Waals surface area contributed by atoms with Crippen LogP contribution in [0.5, 0.6) is 11.5 Å². The van der Waals surface area contributed by atoms with Crippen LogP contribution in [0, 0.1) is 0 Å². The lowest BCUT2D eigenvalue weighted by Crippen LogP contribution is -2.24. The lowest BCUT2D eigenvalue weighted by Gasteiger charge is -2.08. The summed E-state index contributed by atoms with van der Waals surface area (Å²) in [6.07, 6.45) is 3.90. The van der Waals surface area contributed by atoms with E-state index in [2.05, 4.69) is 20.6 Å². The number of carbonyl (C=O) groups excluding carboxylic acids is 1. The number of ether oxygens (including phenoxy) is 1. The van der Waals surface area contributed by atoms with Gasteiger partial charge in [-0.15, -0.1) is 0 Å². The van der Waals surface area contributed by atoms with Gasteiger partial charge in [-0.25, -0.2) is 9.97 Å². The van der Waals surface area contributed by atoms with Gasteiger partial charge < -0.3 is 15.4 Å². The second-order valence-corrected chi connectivity index (χ2v) is 5.62. The van der Waals surface area contributed by atoms with Crippen molar-refractivity contribution in [2.75, 3.05) is 11.9 Å². The molecule has 3 rings (SSSR count). The Hall–Kier alpha value is -3.41. The van der Waals surface area contributed by atoms with Gasteiger partial charge in [0.05, 0.1) is 5.56 Å². The van der Waals surface area contributed by atoms with Crippen LogP contribution < -0.4 is 15.4 Å². The van der Waals surface area contributed by atoms with Crippen LogP contribution in [0.25, 0.3) is 0 Å². The Bertz CT molecular complexity index is 834. The van der Waals surface area contributed by atoms with Crippen molar-refractivity contribution in [3.8, 4) is 11.5 Å². The monoisotopic (exact) mass is 348 g/mol. The van der Waals surface area contributed by atoms with Gasteiger partial charge in [-0.05, 0) is 42.8 Å². The number of nitrogens with one attached hydrogen (secondary N) is 2. The predicted molar refractivity (Wildman–Crippen MR) is 101 cm³/mol. The van der Waals surface area contributed by atoms with Crippen molar-refractivity contribution < 1.29 is 9.53 Å². The summed E-state index contributed by atoms with van der Waals surface area (Å²) in [6, 6.07) is 17.1. The lowest BCUT2D eigenvalue weighted by atomic mass is 10.3. The molecule has 0 spiro atoms. The molecule has 0 aliphatic rings. The quantitative estimate of drug-likeness (QED) is 0.671. The summed E-state index contributed by atoms with van der Waals surface area (Å²) in [6.45, 7) is 2.64. The largest absolute Gasteiger partial charge is 0.457 e. The van der Waals surface area contributed by atoms with Crippen LogP contribution in [0.3, 0.4) is 0 Å². The standard InChI is InChI=1S/C20H20N4O2/c1-2-12-21-19(25)15-13-22-20(23-14-15)24-16-8-10-18(11-9-16)26-17-6-4-3-5-7-17/h3-11,13-14H,2,12H2,1H3,(H,21,25)(H,22,23,24). The Labute approximate surface area is 152 Å². The van der Waals surface area contributed by atoms with E-state index in [0.717, 1.165) is 23.6 Å². The molecule has 1 heterocycles. The molecule has 6 nitrogen and oxygen atoms in total. The Kier molecular flexibility index (Phi) is 5.77. The molecule has 0 unspecified atom stereocenters. The van der Waals surface area contributed by atoms with Crippen LogP contribution in [-0.2, 0) is 0 Å². The minimum Gasteiger partial charge on any atom is -0.457 e. The van der Waals surface area contributed by atoms with Gasteiger partial charge in [0.25, 0.3) is 5.91 Å². The van der Waals surface area contributed by atoms with Gasteiger partial charge in [0, 0.05) is 24.6 Å². The highest BCUT2D eigenvalue weighted by Gasteiger charge is 2.06. The number of benzene rings is 2. The van der Waals surface area contributed by atoms with Gasteiger partial charge in [-0.1, -0.05) is 25.1 Å². The molecule has 6 heteroatoms. The molecular formula is C20H20N4O2. The Morgan fingerprint density at radius 2 is 1.62 bits per heavy atom. The number of carbonyl (C=O) groups is 1. The molecule has 0 bridgehead atoms. The van der Waals surface area contributed by atoms with Crippen molar-refractivity contribution in [1.29, 1.82) is 0 Å². The number of hydrogen-bond donors (Lipinski definition) is 2. The van der Waals surface area contributed by atoms with Crippen molar-refractivity contribution in [3.05, 3.63) is 72.6 Å². The third-order valence-electron chi connectivity index (χ3n) is 3.54. The van der Waals surface area contributed by atoms with Gasteiger partial charge >= 0.3 is 0 Å². The first-order valence-electron chi connectivity index (χ1n) is 8.45. The molecule has 1 aromatic heterocycles. The summed E-state index contributed by atoms with van der Waals surface area (Å²) < 4.78 is 5.75. The second-order valence-electron chi connectivity index (χ2n) is 5.62. The first-order valence-corrected chi connectivity index (χ1v) is 8.45.